The van der Waals surface area contributed by atoms with Gasteiger partial charge in [-0.1, -0.05) is 67.3 Å². The Morgan fingerprint density at radius 2 is 1.83 bits per heavy atom. The van der Waals surface area contributed by atoms with Gasteiger partial charge in [0, 0.05) is 23.5 Å². The third-order valence-corrected chi connectivity index (χ3v) is 4.24. The van der Waals surface area contributed by atoms with Gasteiger partial charge in [-0.05, 0) is 30.5 Å². The smallest absolute Gasteiger partial charge is 0.0722 e. The molecule has 0 spiro atoms. The summed E-state index contributed by atoms with van der Waals surface area (Å²) in [4.78, 5) is 3.38. The van der Waals surface area contributed by atoms with Crippen LogP contribution in [0.3, 0.4) is 0 Å². The monoisotopic (exact) mass is 301 g/mol. The SMILES string of the molecule is CCCCC#CC(c1ccc(C)cc1)c1c[nH]c2ccccc12. The summed E-state index contributed by atoms with van der Waals surface area (Å²) < 4.78 is 0. The number of aromatic nitrogens is 1. The molecular weight excluding hydrogens is 278 g/mol. The van der Waals surface area contributed by atoms with Crippen molar-refractivity contribution in [2.45, 2.75) is 39.0 Å². The van der Waals surface area contributed by atoms with Gasteiger partial charge in [-0.25, -0.2) is 0 Å². The molecule has 0 fully saturated rings. The summed E-state index contributed by atoms with van der Waals surface area (Å²) in [7, 11) is 0. The highest BCUT2D eigenvalue weighted by Crippen LogP contribution is 2.30. The molecule has 0 saturated carbocycles. The number of nitrogens with one attached hydrogen (secondary N) is 1. The van der Waals surface area contributed by atoms with E-state index in [0.29, 0.717) is 0 Å². The maximum Gasteiger partial charge on any atom is 0.0722 e. The van der Waals surface area contributed by atoms with Crippen molar-refractivity contribution in [1.82, 2.24) is 4.98 Å². The Morgan fingerprint density at radius 3 is 2.61 bits per heavy atom. The molecule has 0 bridgehead atoms. The molecule has 1 N–H and O–H groups in total. The Labute approximate surface area is 138 Å². The van der Waals surface area contributed by atoms with Gasteiger partial charge in [-0.2, -0.15) is 0 Å². The van der Waals surface area contributed by atoms with Gasteiger partial charge in [-0.15, -0.1) is 5.92 Å². The average molecular weight is 301 g/mol. The van der Waals surface area contributed by atoms with E-state index in [4.69, 9.17) is 0 Å². The largest absolute Gasteiger partial charge is 0.361 e. The maximum absolute atomic E-state index is 3.51. The van der Waals surface area contributed by atoms with E-state index < -0.39 is 0 Å². The summed E-state index contributed by atoms with van der Waals surface area (Å²) in [6.45, 7) is 4.33. The first-order chi connectivity index (χ1) is 11.3. The lowest BCUT2D eigenvalue weighted by Crippen LogP contribution is -1.98. The topological polar surface area (TPSA) is 15.8 Å². The van der Waals surface area contributed by atoms with Crippen molar-refractivity contribution in [2.24, 2.45) is 0 Å². The molecule has 1 aromatic heterocycles. The number of para-hydroxylation sites is 1. The molecule has 0 aliphatic rings. The van der Waals surface area contributed by atoms with E-state index in [1.54, 1.807) is 0 Å². The second-order valence-electron chi connectivity index (χ2n) is 6.06. The minimum Gasteiger partial charge on any atom is -0.361 e. The van der Waals surface area contributed by atoms with Crippen LogP contribution in [-0.4, -0.2) is 4.98 Å². The Balaban J connectivity index is 2.03. The predicted octanol–water partition coefficient (Wildman–Crippen LogP) is 5.80. The number of aromatic amines is 1. The molecule has 1 heterocycles. The average Bonchev–Trinajstić information content (AvgIpc) is 3.00. The zero-order valence-electron chi connectivity index (χ0n) is 13.9. The minimum absolute atomic E-state index is 0.128. The van der Waals surface area contributed by atoms with Gasteiger partial charge in [-0.3, -0.25) is 0 Å². The van der Waals surface area contributed by atoms with Crippen molar-refractivity contribution in [3.05, 3.63) is 71.4 Å². The number of fused-ring (bicyclic) bond motifs is 1. The number of hydrogen-bond donors (Lipinski definition) is 1. The van der Waals surface area contributed by atoms with Crippen molar-refractivity contribution < 1.29 is 0 Å². The lowest BCUT2D eigenvalue weighted by Gasteiger charge is -2.11. The molecule has 1 nitrogen and oxygen atoms in total. The molecule has 0 aliphatic carbocycles. The second-order valence-corrected chi connectivity index (χ2v) is 6.06. The van der Waals surface area contributed by atoms with Crippen molar-refractivity contribution in [1.29, 1.82) is 0 Å². The molecule has 0 saturated heterocycles. The third kappa shape index (κ3) is 3.48. The summed E-state index contributed by atoms with van der Waals surface area (Å²) in [5, 5.41) is 1.27. The lowest BCUT2D eigenvalue weighted by molar-refractivity contribution is 0.827. The molecular formula is C22H23N. The van der Waals surface area contributed by atoms with Crippen LogP contribution in [0.4, 0.5) is 0 Å². The highest BCUT2D eigenvalue weighted by Gasteiger charge is 2.15. The fourth-order valence-corrected chi connectivity index (χ4v) is 2.87. The molecule has 3 aromatic rings. The number of aryl methyl sites for hydroxylation is 1. The van der Waals surface area contributed by atoms with Crippen LogP contribution in [-0.2, 0) is 0 Å². The van der Waals surface area contributed by atoms with Crippen molar-refractivity contribution >= 4 is 10.9 Å². The van der Waals surface area contributed by atoms with Gasteiger partial charge < -0.3 is 4.98 Å². The first kappa shape index (κ1) is 15.4. The van der Waals surface area contributed by atoms with E-state index >= 15 is 0 Å². The van der Waals surface area contributed by atoms with E-state index in [9.17, 15) is 0 Å². The molecule has 0 radical (unpaired) electrons. The lowest BCUT2D eigenvalue weighted by atomic mass is 9.91. The first-order valence-electron chi connectivity index (χ1n) is 8.40. The minimum atomic E-state index is 0.128. The van der Waals surface area contributed by atoms with Crippen LogP contribution < -0.4 is 0 Å². The van der Waals surface area contributed by atoms with Crippen molar-refractivity contribution in [3.8, 4) is 11.8 Å². The molecule has 2 aromatic carbocycles. The molecule has 0 amide bonds. The normalized spacial score (nSPS) is 11.9. The number of H-pyrrole nitrogens is 1. The zero-order chi connectivity index (χ0) is 16.1. The van der Waals surface area contributed by atoms with Crippen LogP contribution in [0.15, 0.2) is 54.7 Å². The molecule has 1 atom stereocenters. The number of unbranched alkanes of at least 4 members (excludes halogenated alkanes) is 2. The van der Waals surface area contributed by atoms with Gasteiger partial charge in [0.25, 0.3) is 0 Å². The van der Waals surface area contributed by atoms with E-state index in [1.807, 2.05) is 0 Å². The highest BCUT2D eigenvalue weighted by molar-refractivity contribution is 5.84. The maximum atomic E-state index is 3.51. The molecule has 1 unspecified atom stereocenters. The number of hydrogen-bond acceptors (Lipinski definition) is 0. The van der Waals surface area contributed by atoms with Gasteiger partial charge in [0.05, 0.1) is 5.92 Å². The zero-order valence-corrected chi connectivity index (χ0v) is 13.9. The van der Waals surface area contributed by atoms with Crippen LogP contribution in [0, 0.1) is 18.8 Å². The number of rotatable bonds is 4. The standard InChI is InChI=1S/C22H23N/c1-3-4-5-6-9-19(18-14-12-17(2)13-15-18)21-16-23-22-11-8-7-10-20(21)22/h7-8,10-16,19,23H,3-5H2,1-2H3. The van der Waals surface area contributed by atoms with Crippen molar-refractivity contribution in [2.75, 3.05) is 0 Å². The van der Waals surface area contributed by atoms with E-state index in [1.165, 1.54) is 40.4 Å². The number of benzene rings is 2. The van der Waals surface area contributed by atoms with Crippen LogP contribution in [0.2, 0.25) is 0 Å². The van der Waals surface area contributed by atoms with Gasteiger partial charge in [0.15, 0.2) is 0 Å². The molecule has 1 heteroatoms. The Kier molecular flexibility index (Phi) is 4.83. The van der Waals surface area contributed by atoms with E-state index in [0.717, 1.165) is 6.42 Å². The predicted molar refractivity (Wildman–Crippen MR) is 98.6 cm³/mol. The van der Waals surface area contributed by atoms with E-state index in [2.05, 4.69) is 85.4 Å². The fourth-order valence-electron chi connectivity index (χ4n) is 2.87. The molecule has 116 valence electrons. The Morgan fingerprint density at radius 1 is 1.04 bits per heavy atom. The van der Waals surface area contributed by atoms with Crippen LogP contribution in [0.25, 0.3) is 10.9 Å². The third-order valence-electron chi connectivity index (χ3n) is 4.24. The first-order valence-corrected chi connectivity index (χ1v) is 8.40. The molecule has 3 rings (SSSR count). The fraction of sp³-hybridized carbons (Fsp3) is 0.273. The summed E-state index contributed by atoms with van der Waals surface area (Å²) in [6, 6.07) is 17.2. The summed E-state index contributed by atoms with van der Waals surface area (Å²) in [6.07, 6.45) is 5.45. The van der Waals surface area contributed by atoms with Gasteiger partial charge in [0.2, 0.25) is 0 Å². The van der Waals surface area contributed by atoms with Gasteiger partial charge >= 0.3 is 0 Å². The second kappa shape index (κ2) is 7.20. The molecule has 0 aliphatic heterocycles. The summed E-state index contributed by atoms with van der Waals surface area (Å²) in [5.41, 5.74) is 5.00. The van der Waals surface area contributed by atoms with Gasteiger partial charge in [0.1, 0.15) is 0 Å². The van der Waals surface area contributed by atoms with Crippen LogP contribution in [0.1, 0.15) is 48.8 Å². The van der Waals surface area contributed by atoms with Crippen molar-refractivity contribution in [3.63, 3.8) is 0 Å². The Hall–Kier alpha value is -2.46. The van der Waals surface area contributed by atoms with Crippen LogP contribution >= 0.6 is 0 Å². The van der Waals surface area contributed by atoms with E-state index in [-0.39, 0.29) is 5.92 Å². The summed E-state index contributed by atoms with van der Waals surface area (Å²) >= 11 is 0. The quantitative estimate of drug-likeness (QED) is 0.463. The van der Waals surface area contributed by atoms with Crippen LogP contribution in [0.5, 0.6) is 0 Å². The summed E-state index contributed by atoms with van der Waals surface area (Å²) in [5.74, 6) is 7.03. The highest BCUT2D eigenvalue weighted by atomic mass is 14.7. The molecule has 23 heavy (non-hydrogen) atoms. The Bertz CT molecular complexity index is 828.